The highest BCUT2D eigenvalue weighted by Gasteiger charge is 2.00. The van der Waals surface area contributed by atoms with Crippen molar-refractivity contribution in [2.24, 2.45) is 0 Å². The molecule has 18 heavy (non-hydrogen) atoms. The Hall–Kier alpha value is -0.610. The van der Waals surface area contributed by atoms with Crippen LogP contribution in [0.15, 0.2) is 46.1 Å². The molecular weight excluding hydrogens is 289 g/mol. The third-order valence-corrected chi connectivity index (χ3v) is 4.08. The number of benzene rings is 1. The zero-order chi connectivity index (χ0) is 12.8. The zero-order valence-electron chi connectivity index (χ0n) is 9.66. The number of rotatable bonds is 6. The van der Waals surface area contributed by atoms with Gasteiger partial charge in [0.05, 0.1) is 22.6 Å². The molecule has 0 saturated heterocycles. The molecule has 0 aliphatic carbocycles. The molecule has 1 heterocycles. The van der Waals surface area contributed by atoms with Gasteiger partial charge in [0, 0.05) is 29.3 Å². The summed E-state index contributed by atoms with van der Waals surface area (Å²) in [4.78, 5) is 1.13. The van der Waals surface area contributed by atoms with Gasteiger partial charge in [-0.15, -0.1) is 11.8 Å². The summed E-state index contributed by atoms with van der Waals surface area (Å²) in [6.45, 7) is 1.76. The summed E-state index contributed by atoms with van der Waals surface area (Å²) in [6, 6.07) is 7.66. The van der Waals surface area contributed by atoms with Gasteiger partial charge in [0.15, 0.2) is 0 Å². The molecule has 96 valence electrons. The van der Waals surface area contributed by atoms with Gasteiger partial charge in [0.2, 0.25) is 0 Å². The third-order valence-electron chi connectivity index (χ3n) is 2.35. The SMILES string of the molecule is Clc1ccc(SCCNCc2ccoc2)cc1Cl. The lowest BCUT2D eigenvalue weighted by molar-refractivity contribution is 0.561. The average Bonchev–Trinajstić information content (AvgIpc) is 2.86. The summed E-state index contributed by atoms with van der Waals surface area (Å²) in [5.74, 6) is 0.982. The number of thioether (sulfide) groups is 1. The molecule has 0 amide bonds. The first-order valence-corrected chi connectivity index (χ1v) is 7.29. The van der Waals surface area contributed by atoms with E-state index in [1.165, 1.54) is 0 Å². The molecule has 2 nitrogen and oxygen atoms in total. The third kappa shape index (κ3) is 4.25. The van der Waals surface area contributed by atoms with E-state index in [1.54, 1.807) is 24.3 Å². The van der Waals surface area contributed by atoms with E-state index in [2.05, 4.69) is 5.32 Å². The molecular formula is C13H13Cl2NOS. The highest BCUT2D eigenvalue weighted by atomic mass is 35.5. The Balaban J connectivity index is 1.67. The maximum atomic E-state index is 5.95. The molecule has 0 aliphatic heterocycles. The fraction of sp³-hybridized carbons (Fsp3) is 0.231. The Morgan fingerprint density at radius 3 is 2.78 bits per heavy atom. The largest absolute Gasteiger partial charge is 0.472 e. The Kier molecular flexibility index (Phi) is 5.45. The Morgan fingerprint density at radius 1 is 1.17 bits per heavy atom. The molecule has 0 radical (unpaired) electrons. The minimum absolute atomic E-state index is 0.596. The van der Waals surface area contributed by atoms with Gasteiger partial charge in [-0.25, -0.2) is 0 Å². The van der Waals surface area contributed by atoms with Crippen LogP contribution in [0.4, 0.5) is 0 Å². The number of hydrogen-bond acceptors (Lipinski definition) is 3. The summed E-state index contributed by atoms with van der Waals surface area (Å²) in [5, 5.41) is 4.55. The normalized spacial score (nSPS) is 10.8. The Labute approximate surface area is 121 Å². The van der Waals surface area contributed by atoms with Crippen LogP contribution in [0.5, 0.6) is 0 Å². The minimum atomic E-state index is 0.596. The molecule has 0 atom stereocenters. The topological polar surface area (TPSA) is 25.2 Å². The summed E-state index contributed by atoms with van der Waals surface area (Å²) in [6.07, 6.45) is 3.43. The van der Waals surface area contributed by atoms with Crippen LogP contribution in [-0.4, -0.2) is 12.3 Å². The van der Waals surface area contributed by atoms with Crippen LogP contribution in [-0.2, 0) is 6.54 Å². The molecule has 0 fully saturated rings. The van der Waals surface area contributed by atoms with Crippen LogP contribution >= 0.6 is 35.0 Å². The van der Waals surface area contributed by atoms with Crippen molar-refractivity contribution in [2.45, 2.75) is 11.4 Å². The predicted octanol–water partition coefficient (Wildman–Crippen LogP) is 4.47. The predicted molar refractivity (Wildman–Crippen MR) is 77.6 cm³/mol. The Morgan fingerprint density at radius 2 is 2.06 bits per heavy atom. The zero-order valence-corrected chi connectivity index (χ0v) is 12.0. The molecule has 0 aliphatic rings. The fourth-order valence-electron chi connectivity index (χ4n) is 1.43. The van der Waals surface area contributed by atoms with Crippen LogP contribution in [0.2, 0.25) is 10.0 Å². The van der Waals surface area contributed by atoms with E-state index in [-0.39, 0.29) is 0 Å². The molecule has 0 spiro atoms. The summed E-state index contributed by atoms with van der Waals surface area (Å²) in [7, 11) is 0. The van der Waals surface area contributed by atoms with E-state index in [4.69, 9.17) is 27.6 Å². The number of nitrogens with one attached hydrogen (secondary N) is 1. The molecule has 0 bridgehead atoms. The molecule has 1 aromatic heterocycles. The van der Waals surface area contributed by atoms with Crippen molar-refractivity contribution in [1.82, 2.24) is 5.32 Å². The van der Waals surface area contributed by atoms with Crippen LogP contribution in [0.3, 0.4) is 0 Å². The van der Waals surface area contributed by atoms with E-state index in [0.717, 1.165) is 29.3 Å². The second-order valence-corrected chi connectivity index (χ2v) is 5.72. The summed E-state index contributed by atoms with van der Waals surface area (Å²) < 4.78 is 4.99. The molecule has 5 heteroatoms. The van der Waals surface area contributed by atoms with E-state index in [1.807, 2.05) is 24.3 Å². The van der Waals surface area contributed by atoms with Crippen molar-refractivity contribution in [3.05, 3.63) is 52.4 Å². The van der Waals surface area contributed by atoms with Crippen LogP contribution in [0, 0.1) is 0 Å². The molecule has 2 aromatic rings. The highest BCUT2D eigenvalue weighted by Crippen LogP contribution is 2.27. The van der Waals surface area contributed by atoms with Gasteiger partial charge >= 0.3 is 0 Å². The second-order valence-electron chi connectivity index (χ2n) is 3.73. The average molecular weight is 302 g/mol. The van der Waals surface area contributed by atoms with Crippen molar-refractivity contribution >= 4 is 35.0 Å². The summed E-state index contributed by atoms with van der Waals surface area (Å²) in [5.41, 5.74) is 1.16. The van der Waals surface area contributed by atoms with Crippen molar-refractivity contribution in [2.75, 3.05) is 12.3 Å². The summed E-state index contributed by atoms with van der Waals surface area (Å²) >= 11 is 13.6. The van der Waals surface area contributed by atoms with Gasteiger partial charge in [0.25, 0.3) is 0 Å². The van der Waals surface area contributed by atoms with Crippen molar-refractivity contribution in [3.63, 3.8) is 0 Å². The molecule has 0 unspecified atom stereocenters. The van der Waals surface area contributed by atoms with Gasteiger partial charge in [0.1, 0.15) is 0 Å². The van der Waals surface area contributed by atoms with Gasteiger partial charge in [-0.1, -0.05) is 23.2 Å². The standard InChI is InChI=1S/C13H13Cl2NOS/c14-12-2-1-11(7-13(12)15)18-6-4-16-8-10-3-5-17-9-10/h1-3,5,7,9,16H,4,6,8H2. The van der Waals surface area contributed by atoms with Crippen molar-refractivity contribution in [3.8, 4) is 0 Å². The first-order chi connectivity index (χ1) is 8.75. The number of halogens is 2. The maximum Gasteiger partial charge on any atom is 0.0947 e. The number of hydrogen-bond donors (Lipinski definition) is 1. The number of furan rings is 1. The lowest BCUT2D eigenvalue weighted by Crippen LogP contribution is -2.15. The smallest absolute Gasteiger partial charge is 0.0947 e. The lowest BCUT2D eigenvalue weighted by Gasteiger charge is -2.04. The lowest BCUT2D eigenvalue weighted by atomic mass is 10.3. The van der Waals surface area contributed by atoms with E-state index in [0.29, 0.717) is 10.0 Å². The van der Waals surface area contributed by atoms with Gasteiger partial charge in [-0.2, -0.15) is 0 Å². The second kappa shape index (κ2) is 7.10. The molecule has 1 aromatic carbocycles. The molecule has 2 rings (SSSR count). The highest BCUT2D eigenvalue weighted by molar-refractivity contribution is 7.99. The van der Waals surface area contributed by atoms with Crippen LogP contribution in [0.25, 0.3) is 0 Å². The fourth-order valence-corrected chi connectivity index (χ4v) is 2.64. The van der Waals surface area contributed by atoms with Crippen molar-refractivity contribution in [1.29, 1.82) is 0 Å². The van der Waals surface area contributed by atoms with E-state index < -0.39 is 0 Å². The first-order valence-electron chi connectivity index (χ1n) is 5.55. The molecule has 1 N–H and O–H groups in total. The minimum Gasteiger partial charge on any atom is -0.472 e. The maximum absolute atomic E-state index is 5.95. The molecule has 0 saturated carbocycles. The van der Waals surface area contributed by atoms with E-state index in [9.17, 15) is 0 Å². The van der Waals surface area contributed by atoms with Crippen molar-refractivity contribution < 1.29 is 4.42 Å². The Bertz CT molecular complexity index is 488. The first kappa shape index (κ1) is 13.8. The van der Waals surface area contributed by atoms with Crippen LogP contribution in [0.1, 0.15) is 5.56 Å². The van der Waals surface area contributed by atoms with E-state index >= 15 is 0 Å². The van der Waals surface area contributed by atoms with Gasteiger partial charge < -0.3 is 9.73 Å². The monoisotopic (exact) mass is 301 g/mol. The van der Waals surface area contributed by atoms with Gasteiger partial charge in [-0.05, 0) is 24.3 Å². The quantitative estimate of drug-likeness (QED) is 0.629. The van der Waals surface area contributed by atoms with Gasteiger partial charge in [-0.3, -0.25) is 0 Å². The van der Waals surface area contributed by atoms with Crippen LogP contribution < -0.4 is 5.32 Å².